The molecule has 0 saturated heterocycles. The van der Waals surface area contributed by atoms with Gasteiger partial charge in [-0.05, 0) is 57.4 Å². The summed E-state index contributed by atoms with van der Waals surface area (Å²) in [5.41, 5.74) is 6.82. The molecule has 1 heterocycles. The second kappa shape index (κ2) is 15.6. The zero-order chi connectivity index (χ0) is 30.8. The Morgan fingerprint density at radius 3 is 1.81 bits per heavy atom. The number of hydrogen-bond acceptors (Lipinski definition) is 7. The van der Waals surface area contributed by atoms with Crippen molar-refractivity contribution >= 4 is 0 Å². The van der Waals surface area contributed by atoms with Gasteiger partial charge in [-0.15, -0.1) is 0 Å². The van der Waals surface area contributed by atoms with E-state index in [0.717, 1.165) is 41.5 Å². The lowest BCUT2D eigenvalue weighted by molar-refractivity contribution is 0.0271. The molecule has 43 heavy (non-hydrogen) atoms. The van der Waals surface area contributed by atoms with Crippen molar-refractivity contribution in [2.75, 3.05) is 19.8 Å². The lowest BCUT2D eigenvalue weighted by Crippen LogP contribution is -2.16. The molecule has 0 radical (unpaired) electrons. The number of aliphatic hydroxyl groups excluding tert-OH is 1. The maximum atomic E-state index is 11.0. The average molecular weight is 584 g/mol. The molecule has 0 spiro atoms. The molecule has 0 amide bonds. The van der Waals surface area contributed by atoms with Crippen LogP contribution in [-0.2, 0) is 4.74 Å². The number of phenolic OH excluding ortho intramolecular Hbond substituents is 1. The second-order valence-corrected chi connectivity index (χ2v) is 11.4. The lowest BCUT2D eigenvalue weighted by Gasteiger charge is -2.13. The predicted octanol–water partition coefficient (Wildman–Crippen LogP) is 7.93. The largest absolute Gasteiger partial charge is 0.507 e. The van der Waals surface area contributed by atoms with E-state index < -0.39 is 6.10 Å². The molecule has 3 aromatic carbocycles. The SMILES string of the molecule is CCCCCCC(O)COCCCOc1ccc(-c2nc(-c3ccc(C)cc3C)nc(-c3ccc(C)cc3C)n2)c(O)c1. The van der Waals surface area contributed by atoms with Crippen LogP contribution in [0.25, 0.3) is 34.2 Å². The van der Waals surface area contributed by atoms with Gasteiger partial charge in [0, 0.05) is 30.2 Å². The molecule has 4 aromatic rings. The molecule has 0 aliphatic carbocycles. The number of aliphatic hydroxyl groups is 1. The fourth-order valence-corrected chi connectivity index (χ4v) is 5.12. The maximum absolute atomic E-state index is 11.0. The summed E-state index contributed by atoms with van der Waals surface area (Å²) in [6.45, 7) is 11.7. The van der Waals surface area contributed by atoms with Crippen molar-refractivity contribution in [3.05, 3.63) is 76.9 Å². The van der Waals surface area contributed by atoms with Gasteiger partial charge in [0.2, 0.25) is 0 Å². The Morgan fingerprint density at radius 1 is 0.674 bits per heavy atom. The first-order chi connectivity index (χ1) is 20.7. The number of ether oxygens (including phenoxy) is 2. The molecule has 0 bridgehead atoms. The Bertz CT molecular complexity index is 1430. The topological polar surface area (TPSA) is 97.6 Å². The Hall–Kier alpha value is -3.81. The second-order valence-electron chi connectivity index (χ2n) is 11.4. The molecule has 1 aromatic heterocycles. The van der Waals surface area contributed by atoms with Gasteiger partial charge >= 0.3 is 0 Å². The van der Waals surface area contributed by atoms with E-state index in [1.807, 2.05) is 44.2 Å². The molecule has 0 aliphatic rings. The molecule has 1 atom stereocenters. The molecule has 0 aliphatic heterocycles. The first kappa shape index (κ1) is 32.1. The van der Waals surface area contributed by atoms with Crippen LogP contribution in [0.3, 0.4) is 0 Å². The highest BCUT2D eigenvalue weighted by atomic mass is 16.5. The van der Waals surface area contributed by atoms with Crippen molar-refractivity contribution in [3.8, 4) is 45.7 Å². The highest BCUT2D eigenvalue weighted by molar-refractivity contribution is 5.72. The summed E-state index contributed by atoms with van der Waals surface area (Å²) in [7, 11) is 0. The van der Waals surface area contributed by atoms with Gasteiger partial charge in [0.25, 0.3) is 0 Å². The van der Waals surface area contributed by atoms with Gasteiger partial charge in [-0.25, -0.2) is 15.0 Å². The minimum absolute atomic E-state index is 0.0318. The molecule has 2 N–H and O–H groups in total. The zero-order valence-corrected chi connectivity index (χ0v) is 26.2. The van der Waals surface area contributed by atoms with Gasteiger partial charge in [0.15, 0.2) is 17.5 Å². The van der Waals surface area contributed by atoms with E-state index in [1.54, 1.807) is 12.1 Å². The van der Waals surface area contributed by atoms with Crippen LogP contribution in [0.4, 0.5) is 0 Å². The highest BCUT2D eigenvalue weighted by Crippen LogP contribution is 2.34. The van der Waals surface area contributed by atoms with Crippen LogP contribution in [0, 0.1) is 27.7 Å². The van der Waals surface area contributed by atoms with E-state index >= 15 is 0 Å². The highest BCUT2D eigenvalue weighted by Gasteiger charge is 2.17. The number of aromatic hydroxyl groups is 1. The van der Waals surface area contributed by atoms with E-state index in [0.29, 0.717) is 55.0 Å². The fraction of sp³-hybridized carbons (Fsp3) is 0.417. The third-order valence-electron chi connectivity index (χ3n) is 7.49. The van der Waals surface area contributed by atoms with Gasteiger partial charge in [-0.1, -0.05) is 80.1 Å². The van der Waals surface area contributed by atoms with Gasteiger partial charge < -0.3 is 19.7 Å². The number of aryl methyl sites for hydroxylation is 4. The lowest BCUT2D eigenvalue weighted by atomic mass is 10.0. The summed E-state index contributed by atoms with van der Waals surface area (Å²) in [5, 5.41) is 21.1. The minimum Gasteiger partial charge on any atom is -0.507 e. The van der Waals surface area contributed by atoms with Crippen LogP contribution in [-0.4, -0.2) is 51.1 Å². The van der Waals surface area contributed by atoms with Crippen LogP contribution in [0.15, 0.2) is 54.6 Å². The standard InChI is InChI=1S/C36H45N3O4/c1-6-7-8-9-11-28(40)23-42-18-10-19-43-29-14-17-32(33(41)22-29)36-38-34(30-15-12-24(2)20-26(30)4)37-35(39-36)31-16-13-25(3)21-27(31)5/h12-17,20-22,28,40-41H,6-11,18-19,23H2,1-5H3. The number of benzene rings is 3. The molecular formula is C36H45N3O4. The van der Waals surface area contributed by atoms with Crippen molar-refractivity contribution in [2.24, 2.45) is 0 Å². The van der Waals surface area contributed by atoms with Crippen molar-refractivity contribution < 1.29 is 19.7 Å². The summed E-state index contributed by atoms with van der Waals surface area (Å²) < 4.78 is 11.5. The molecular weight excluding hydrogens is 538 g/mol. The summed E-state index contributed by atoms with van der Waals surface area (Å²) in [6, 6.07) is 17.6. The first-order valence-corrected chi connectivity index (χ1v) is 15.4. The van der Waals surface area contributed by atoms with Gasteiger partial charge in [-0.3, -0.25) is 0 Å². The van der Waals surface area contributed by atoms with Gasteiger partial charge in [0.05, 0.1) is 24.9 Å². The Labute approximate surface area is 256 Å². The van der Waals surface area contributed by atoms with E-state index in [2.05, 4.69) is 32.9 Å². The quantitative estimate of drug-likeness (QED) is 0.137. The van der Waals surface area contributed by atoms with Crippen molar-refractivity contribution in [1.29, 1.82) is 0 Å². The molecule has 7 heteroatoms. The third-order valence-corrected chi connectivity index (χ3v) is 7.49. The van der Waals surface area contributed by atoms with E-state index in [-0.39, 0.29) is 5.75 Å². The Kier molecular flexibility index (Phi) is 11.6. The Morgan fingerprint density at radius 2 is 1.26 bits per heavy atom. The smallest absolute Gasteiger partial charge is 0.167 e. The molecule has 4 rings (SSSR count). The number of hydrogen-bond donors (Lipinski definition) is 2. The van der Waals surface area contributed by atoms with Crippen LogP contribution in [0.1, 0.15) is 67.7 Å². The third kappa shape index (κ3) is 9.09. The van der Waals surface area contributed by atoms with E-state index in [9.17, 15) is 10.2 Å². The summed E-state index contributed by atoms with van der Waals surface area (Å²) in [5.74, 6) is 2.09. The number of aromatic nitrogens is 3. The molecule has 0 saturated carbocycles. The van der Waals surface area contributed by atoms with E-state index in [1.165, 1.54) is 24.0 Å². The summed E-state index contributed by atoms with van der Waals surface area (Å²) >= 11 is 0. The van der Waals surface area contributed by atoms with Crippen LogP contribution in [0.2, 0.25) is 0 Å². The number of nitrogens with zero attached hydrogens (tertiary/aromatic N) is 3. The zero-order valence-electron chi connectivity index (χ0n) is 26.2. The summed E-state index contributed by atoms with van der Waals surface area (Å²) in [6.07, 6.45) is 5.63. The van der Waals surface area contributed by atoms with Crippen molar-refractivity contribution in [3.63, 3.8) is 0 Å². The molecule has 1 unspecified atom stereocenters. The number of rotatable bonds is 15. The van der Waals surface area contributed by atoms with Crippen LogP contribution in [0.5, 0.6) is 11.5 Å². The van der Waals surface area contributed by atoms with E-state index in [4.69, 9.17) is 24.4 Å². The Balaban J connectivity index is 1.46. The predicted molar refractivity (Wildman–Crippen MR) is 172 cm³/mol. The maximum Gasteiger partial charge on any atom is 0.167 e. The monoisotopic (exact) mass is 583 g/mol. The molecule has 7 nitrogen and oxygen atoms in total. The summed E-state index contributed by atoms with van der Waals surface area (Å²) in [4.78, 5) is 14.5. The average Bonchev–Trinajstić information content (AvgIpc) is 2.97. The number of unbranched alkanes of at least 4 members (excludes halogenated alkanes) is 3. The molecule has 0 fully saturated rings. The minimum atomic E-state index is -0.413. The molecule has 228 valence electrons. The van der Waals surface area contributed by atoms with Gasteiger partial charge in [-0.2, -0.15) is 0 Å². The number of phenols is 1. The van der Waals surface area contributed by atoms with Crippen LogP contribution >= 0.6 is 0 Å². The fourth-order valence-electron chi connectivity index (χ4n) is 5.12. The first-order valence-electron chi connectivity index (χ1n) is 15.4. The van der Waals surface area contributed by atoms with Crippen molar-refractivity contribution in [2.45, 2.75) is 79.2 Å². The van der Waals surface area contributed by atoms with Gasteiger partial charge in [0.1, 0.15) is 11.5 Å². The van der Waals surface area contributed by atoms with Crippen molar-refractivity contribution in [1.82, 2.24) is 15.0 Å². The van der Waals surface area contributed by atoms with Crippen LogP contribution < -0.4 is 4.74 Å². The normalized spacial score (nSPS) is 12.0.